The van der Waals surface area contributed by atoms with E-state index in [1.165, 1.54) is 27.8 Å². The zero-order valence-electron chi connectivity index (χ0n) is 12.0. The topological polar surface area (TPSA) is 68.8 Å². The minimum Gasteiger partial charge on any atom is -0.493 e. The lowest BCUT2D eigenvalue weighted by molar-refractivity contribution is 0.240. The number of urea groups is 1. The number of hydrogen-bond donors (Lipinski definition) is 2. The van der Waals surface area contributed by atoms with Gasteiger partial charge in [-0.1, -0.05) is 0 Å². The zero-order valence-corrected chi connectivity index (χ0v) is 12.0. The number of nitrogens with one attached hydrogen (secondary N) is 2. The first-order chi connectivity index (χ1) is 9.67. The van der Waals surface area contributed by atoms with Gasteiger partial charge in [0.1, 0.15) is 0 Å². The zero-order chi connectivity index (χ0) is 14.5. The van der Waals surface area contributed by atoms with Crippen LogP contribution >= 0.6 is 0 Å². The van der Waals surface area contributed by atoms with E-state index in [4.69, 9.17) is 14.2 Å². The molecule has 0 spiro atoms. The van der Waals surface area contributed by atoms with Crippen LogP contribution in [0, 0.1) is 0 Å². The minimum absolute atomic E-state index is 0.219. The van der Waals surface area contributed by atoms with Crippen LogP contribution in [0.5, 0.6) is 17.2 Å². The molecule has 0 heterocycles. The summed E-state index contributed by atoms with van der Waals surface area (Å²) in [6, 6.07) is 3.46. The summed E-state index contributed by atoms with van der Waals surface area (Å²) in [5.74, 6) is 1.51. The molecule has 110 valence electrons. The summed E-state index contributed by atoms with van der Waals surface area (Å²) in [5, 5.41) is 5.68. The number of carbonyl (C=O) groups is 1. The molecule has 0 aliphatic heterocycles. The first-order valence-corrected chi connectivity index (χ1v) is 6.55. The van der Waals surface area contributed by atoms with Crippen molar-refractivity contribution in [1.82, 2.24) is 5.32 Å². The van der Waals surface area contributed by atoms with Crippen LogP contribution in [0.1, 0.15) is 19.3 Å². The van der Waals surface area contributed by atoms with Gasteiger partial charge in [0.05, 0.1) is 27.0 Å². The van der Waals surface area contributed by atoms with Crippen LogP contribution in [0.4, 0.5) is 10.5 Å². The Bertz CT molecular complexity index is 461. The van der Waals surface area contributed by atoms with Crippen LogP contribution in [-0.4, -0.2) is 33.4 Å². The molecule has 1 aromatic carbocycles. The van der Waals surface area contributed by atoms with E-state index in [0.29, 0.717) is 22.9 Å². The number of hydrogen-bond acceptors (Lipinski definition) is 4. The van der Waals surface area contributed by atoms with Gasteiger partial charge in [0.15, 0.2) is 11.5 Å². The van der Waals surface area contributed by atoms with Crippen molar-refractivity contribution >= 4 is 11.7 Å². The molecule has 20 heavy (non-hydrogen) atoms. The van der Waals surface area contributed by atoms with Crippen molar-refractivity contribution in [2.45, 2.75) is 25.3 Å². The Labute approximate surface area is 118 Å². The molecule has 0 unspecified atom stereocenters. The fourth-order valence-corrected chi connectivity index (χ4v) is 2.06. The van der Waals surface area contributed by atoms with Crippen LogP contribution in [-0.2, 0) is 0 Å². The van der Waals surface area contributed by atoms with Gasteiger partial charge >= 0.3 is 6.03 Å². The van der Waals surface area contributed by atoms with Gasteiger partial charge in [-0.3, -0.25) is 0 Å². The van der Waals surface area contributed by atoms with Crippen molar-refractivity contribution in [1.29, 1.82) is 0 Å². The Morgan fingerprint density at radius 2 is 1.70 bits per heavy atom. The van der Waals surface area contributed by atoms with Gasteiger partial charge < -0.3 is 24.8 Å². The van der Waals surface area contributed by atoms with E-state index in [9.17, 15) is 4.79 Å². The van der Waals surface area contributed by atoms with Crippen molar-refractivity contribution in [3.63, 3.8) is 0 Å². The summed E-state index contributed by atoms with van der Waals surface area (Å²) in [5.41, 5.74) is 0.594. The van der Waals surface area contributed by atoms with E-state index in [1.807, 2.05) is 0 Å². The number of benzene rings is 1. The van der Waals surface area contributed by atoms with Crippen molar-refractivity contribution < 1.29 is 19.0 Å². The van der Waals surface area contributed by atoms with Gasteiger partial charge in [-0.2, -0.15) is 0 Å². The van der Waals surface area contributed by atoms with Gasteiger partial charge in [0, 0.05) is 18.2 Å². The molecule has 1 aliphatic carbocycles. The molecule has 1 aromatic rings. The highest BCUT2D eigenvalue weighted by molar-refractivity contribution is 5.90. The molecule has 2 N–H and O–H groups in total. The lowest BCUT2D eigenvalue weighted by Crippen LogP contribution is -2.41. The van der Waals surface area contributed by atoms with E-state index in [1.54, 1.807) is 12.1 Å². The summed E-state index contributed by atoms with van der Waals surface area (Å²) in [7, 11) is 4.61. The number of amides is 2. The molecule has 6 heteroatoms. The molecule has 0 atom stereocenters. The Balaban J connectivity index is 2.12. The molecule has 6 nitrogen and oxygen atoms in total. The summed E-state index contributed by atoms with van der Waals surface area (Å²) >= 11 is 0. The molecular formula is C14H20N2O4. The predicted octanol–water partition coefficient (Wildman–Crippen LogP) is 2.39. The van der Waals surface area contributed by atoms with Crippen LogP contribution in [0.3, 0.4) is 0 Å². The fourth-order valence-electron chi connectivity index (χ4n) is 2.06. The molecule has 0 bridgehead atoms. The maximum atomic E-state index is 11.8. The second-order valence-electron chi connectivity index (χ2n) is 4.64. The molecule has 0 saturated heterocycles. The molecule has 0 radical (unpaired) electrons. The largest absolute Gasteiger partial charge is 0.493 e. The molecular weight excluding hydrogens is 260 g/mol. The maximum absolute atomic E-state index is 11.8. The van der Waals surface area contributed by atoms with Gasteiger partial charge in [0.25, 0.3) is 0 Å². The highest BCUT2D eigenvalue weighted by Crippen LogP contribution is 2.39. The first-order valence-electron chi connectivity index (χ1n) is 6.55. The second-order valence-corrected chi connectivity index (χ2v) is 4.64. The predicted molar refractivity (Wildman–Crippen MR) is 75.9 cm³/mol. The number of ether oxygens (including phenoxy) is 3. The van der Waals surface area contributed by atoms with E-state index in [0.717, 1.165) is 12.8 Å². The third-order valence-corrected chi connectivity index (χ3v) is 3.36. The average Bonchev–Trinajstić information content (AvgIpc) is 2.41. The highest BCUT2D eigenvalue weighted by atomic mass is 16.5. The molecule has 1 aliphatic rings. The number of methoxy groups -OCH3 is 3. The van der Waals surface area contributed by atoms with Crippen LogP contribution < -0.4 is 24.8 Å². The van der Waals surface area contributed by atoms with Gasteiger partial charge in [-0.25, -0.2) is 4.79 Å². The standard InChI is InChI=1S/C14H20N2O4/c1-18-11-7-10(8-12(19-2)13(11)20-3)16-14(17)15-9-5-4-6-9/h7-9H,4-6H2,1-3H3,(H2,15,16,17). The SMILES string of the molecule is COc1cc(NC(=O)NC2CCC2)cc(OC)c1OC. The third kappa shape index (κ3) is 3.07. The normalized spacial score (nSPS) is 14.2. The third-order valence-electron chi connectivity index (χ3n) is 3.36. The average molecular weight is 280 g/mol. The van der Waals surface area contributed by atoms with E-state index in [2.05, 4.69) is 10.6 Å². The first kappa shape index (κ1) is 14.3. The summed E-state index contributed by atoms with van der Waals surface area (Å²) in [6.45, 7) is 0. The van der Waals surface area contributed by atoms with Gasteiger partial charge in [-0.15, -0.1) is 0 Å². The van der Waals surface area contributed by atoms with Crippen molar-refractivity contribution in [3.8, 4) is 17.2 Å². The van der Waals surface area contributed by atoms with Gasteiger partial charge in [0.2, 0.25) is 5.75 Å². The Kier molecular flexibility index (Phi) is 4.55. The summed E-state index contributed by atoms with van der Waals surface area (Å²) in [4.78, 5) is 11.8. The lowest BCUT2D eigenvalue weighted by atomic mass is 9.93. The second kappa shape index (κ2) is 6.36. The minimum atomic E-state index is -0.219. The fraction of sp³-hybridized carbons (Fsp3) is 0.500. The number of rotatable bonds is 5. The van der Waals surface area contributed by atoms with E-state index < -0.39 is 0 Å². The molecule has 2 rings (SSSR count). The molecule has 1 saturated carbocycles. The molecule has 1 fully saturated rings. The summed E-state index contributed by atoms with van der Waals surface area (Å²) < 4.78 is 15.7. The number of carbonyl (C=O) groups excluding carboxylic acids is 1. The van der Waals surface area contributed by atoms with Crippen molar-refractivity contribution in [2.24, 2.45) is 0 Å². The van der Waals surface area contributed by atoms with Crippen LogP contribution in [0.25, 0.3) is 0 Å². The van der Waals surface area contributed by atoms with Crippen LogP contribution in [0.2, 0.25) is 0 Å². The lowest BCUT2D eigenvalue weighted by Gasteiger charge is -2.26. The van der Waals surface area contributed by atoms with E-state index >= 15 is 0 Å². The monoisotopic (exact) mass is 280 g/mol. The quantitative estimate of drug-likeness (QED) is 0.869. The smallest absolute Gasteiger partial charge is 0.319 e. The molecule has 2 amide bonds. The van der Waals surface area contributed by atoms with Crippen molar-refractivity contribution in [3.05, 3.63) is 12.1 Å². The maximum Gasteiger partial charge on any atom is 0.319 e. The van der Waals surface area contributed by atoms with E-state index in [-0.39, 0.29) is 12.1 Å². The Hall–Kier alpha value is -2.11. The van der Waals surface area contributed by atoms with Crippen LogP contribution in [0.15, 0.2) is 12.1 Å². The Morgan fingerprint density at radius 1 is 1.10 bits per heavy atom. The highest BCUT2D eigenvalue weighted by Gasteiger charge is 2.20. The molecule has 0 aromatic heterocycles. The van der Waals surface area contributed by atoms with Crippen molar-refractivity contribution in [2.75, 3.05) is 26.6 Å². The van der Waals surface area contributed by atoms with Gasteiger partial charge in [-0.05, 0) is 19.3 Å². The summed E-state index contributed by atoms with van der Waals surface area (Å²) in [6.07, 6.45) is 3.26. The Morgan fingerprint density at radius 3 is 2.10 bits per heavy atom. The number of anilines is 1.